The number of hydrogen-bond acceptors (Lipinski definition) is 0. The summed E-state index contributed by atoms with van der Waals surface area (Å²) in [6, 6.07) is 0. The number of nitrogens with zero attached hydrogens (tertiary/aromatic N) is 1. The number of rotatable bonds is 11. The molecule has 0 bridgehead atoms. The second-order valence-corrected chi connectivity index (χ2v) is 6.20. The van der Waals surface area contributed by atoms with Crippen molar-refractivity contribution < 1.29 is 38.5 Å². The molecule has 0 aliphatic carbocycles. The zero-order valence-electron chi connectivity index (χ0n) is 13.0. The molecular formula is C15H34BrFeN. The van der Waals surface area contributed by atoms with Gasteiger partial charge in [-0.2, -0.15) is 0 Å². The molecule has 0 aliphatic rings. The van der Waals surface area contributed by atoms with Crippen LogP contribution in [0, 0.1) is 0 Å². The third-order valence-corrected chi connectivity index (χ3v) is 3.18. The average molecular weight is 364 g/mol. The summed E-state index contributed by atoms with van der Waals surface area (Å²) >= 11 is 0. The Bertz CT molecular complexity index is 146. The molecule has 0 heterocycles. The Morgan fingerprint density at radius 2 is 0.944 bits per heavy atom. The average Bonchev–Trinajstić information content (AvgIpc) is 2.19. The van der Waals surface area contributed by atoms with E-state index in [2.05, 4.69) is 28.1 Å². The second-order valence-electron chi connectivity index (χ2n) is 6.20. The summed E-state index contributed by atoms with van der Waals surface area (Å²) in [5.74, 6) is 0. The van der Waals surface area contributed by atoms with Crippen molar-refractivity contribution in [2.45, 2.75) is 71.1 Å². The van der Waals surface area contributed by atoms with E-state index in [0.29, 0.717) is 0 Å². The van der Waals surface area contributed by atoms with Crippen LogP contribution in [0.25, 0.3) is 0 Å². The van der Waals surface area contributed by atoms with Crippen molar-refractivity contribution in [2.75, 3.05) is 27.7 Å². The van der Waals surface area contributed by atoms with Gasteiger partial charge in [-0.25, -0.2) is 0 Å². The van der Waals surface area contributed by atoms with E-state index in [4.69, 9.17) is 0 Å². The van der Waals surface area contributed by atoms with Crippen LogP contribution < -0.4 is 17.0 Å². The molecule has 0 radical (unpaired) electrons. The van der Waals surface area contributed by atoms with Crippen molar-refractivity contribution in [1.29, 1.82) is 0 Å². The van der Waals surface area contributed by atoms with Crippen molar-refractivity contribution in [1.82, 2.24) is 0 Å². The Kier molecular flexibility index (Phi) is 21.4. The van der Waals surface area contributed by atoms with Crippen LogP contribution in [0.15, 0.2) is 0 Å². The Balaban J connectivity index is -0.00000112. The first-order valence-corrected chi connectivity index (χ1v) is 7.36. The fourth-order valence-electron chi connectivity index (χ4n) is 2.07. The Morgan fingerprint density at radius 1 is 0.611 bits per heavy atom. The van der Waals surface area contributed by atoms with Crippen molar-refractivity contribution in [3.63, 3.8) is 0 Å². The first-order chi connectivity index (χ1) is 7.56. The van der Waals surface area contributed by atoms with E-state index in [9.17, 15) is 0 Å². The first kappa shape index (κ1) is 24.0. The van der Waals surface area contributed by atoms with Gasteiger partial charge in [0.1, 0.15) is 0 Å². The van der Waals surface area contributed by atoms with Crippen molar-refractivity contribution in [2.24, 2.45) is 0 Å². The molecule has 0 rings (SSSR count). The third-order valence-electron chi connectivity index (χ3n) is 3.18. The quantitative estimate of drug-likeness (QED) is 0.297. The SMILES string of the molecule is CCCCCCCCCCCC[N+](C)(C)C.[Br-].[Fe]. The molecule has 0 spiro atoms. The molecule has 0 N–H and O–H groups in total. The van der Waals surface area contributed by atoms with E-state index in [1.807, 2.05) is 0 Å². The van der Waals surface area contributed by atoms with Gasteiger partial charge < -0.3 is 21.5 Å². The molecule has 0 aromatic carbocycles. The van der Waals surface area contributed by atoms with Crippen LogP contribution in [0.1, 0.15) is 71.1 Å². The molecule has 0 aliphatic heterocycles. The minimum atomic E-state index is 0. The molecule has 1 nitrogen and oxygen atoms in total. The van der Waals surface area contributed by atoms with Gasteiger partial charge in [0.25, 0.3) is 0 Å². The maximum Gasteiger partial charge on any atom is 0.0780 e. The Hall–Kier alpha value is 0.959. The van der Waals surface area contributed by atoms with Gasteiger partial charge in [0.05, 0.1) is 27.7 Å². The topological polar surface area (TPSA) is 0 Å². The normalized spacial score (nSPS) is 10.7. The number of quaternary nitrogens is 1. The van der Waals surface area contributed by atoms with Crippen molar-refractivity contribution >= 4 is 0 Å². The first-order valence-electron chi connectivity index (χ1n) is 7.36. The molecule has 114 valence electrons. The Labute approximate surface area is 137 Å². The van der Waals surface area contributed by atoms with E-state index in [-0.39, 0.29) is 34.1 Å². The zero-order chi connectivity index (χ0) is 12.3. The summed E-state index contributed by atoms with van der Waals surface area (Å²) in [4.78, 5) is 0. The minimum Gasteiger partial charge on any atom is -1.00 e. The van der Waals surface area contributed by atoms with Crippen LogP contribution in [0.4, 0.5) is 0 Å². The van der Waals surface area contributed by atoms with E-state index in [0.717, 1.165) is 4.48 Å². The van der Waals surface area contributed by atoms with Gasteiger partial charge in [0.2, 0.25) is 0 Å². The predicted molar refractivity (Wildman–Crippen MR) is 74.7 cm³/mol. The Morgan fingerprint density at radius 3 is 1.28 bits per heavy atom. The summed E-state index contributed by atoms with van der Waals surface area (Å²) in [6.45, 7) is 3.62. The molecule has 0 amide bonds. The fourth-order valence-corrected chi connectivity index (χ4v) is 2.07. The van der Waals surface area contributed by atoms with E-state index >= 15 is 0 Å². The van der Waals surface area contributed by atoms with E-state index in [1.165, 1.54) is 70.8 Å². The van der Waals surface area contributed by atoms with Crippen LogP contribution in [0.5, 0.6) is 0 Å². The third kappa shape index (κ3) is 22.2. The summed E-state index contributed by atoms with van der Waals surface area (Å²) in [5, 5.41) is 0. The molecule has 0 atom stereocenters. The van der Waals surface area contributed by atoms with Gasteiger partial charge in [-0.05, 0) is 12.8 Å². The van der Waals surface area contributed by atoms with Gasteiger partial charge >= 0.3 is 0 Å². The van der Waals surface area contributed by atoms with Gasteiger partial charge in [0.15, 0.2) is 0 Å². The fraction of sp³-hybridized carbons (Fsp3) is 1.00. The number of unbranched alkanes of at least 4 members (excludes halogenated alkanes) is 9. The largest absolute Gasteiger partial charge is 1.00 e. The van der Waals surface area contributed by atoms with Gasteiger partial charge in [0, 0.05) is 17.1 Å². The number of hydrogen-bond donors (Lipinski definition) is 0. The summed E-state index contributed by atoms with van der Waals surface area (Å²) in [7, 11) is 6.86. The van der Waals surface area contributed by atoms with E-state index in [1.54, 1.807) is 0 Å². The van der Waals surface area contributed by atoms with Gasteiger partial charge in [-0.3, -0.25) is 0 Å². The molecule has 0 aromatic rings. The van der Waals surface area contributed by atoms with Crippen LogP contribution in [0.3, 0.4) is 0 Å². The zero-order valence-corrected chi connectivity index (χ0v) is 15.6. The predicted octanol–water partition coefficient (Wildman–Crippen LogP) is 1.62. The molecule has 0 fully saturated rings. The van der Waals surface area contributed by atoms with Crippen LogP contribution in [-0.4, -0.2) is 32.2 Å². The second kappa shape index (κ2) is 16.0. The van der Waals surface area contributed by atoms with Crippen LogP contribution in [-0.2, 0) is 17.1 Å². The minimum absolute atomic E-state index is 0. The molecule has 18 heavy (non-hydrogen) atoms. The molecule has 0 saturated heterocycles. The van der Waals surface area contributed by atoms with Crippen LogP contribution >= 0.6 is 0 Å². The summed E-state index contributed by atoms with van der Waals surface area (Å²) < 4.78 is 1.12. The summed E-state index contributed by atoms with van der Waals surface area (Å²) in [6.07, 6.45) is 14.4. The standard InChI is InChI=1S/C15H34N.BrH.Fe/c1-5-6-7-8-9-10-11-12-13-14-15-16(2,3)4;;/h5-15H2,1-4H3;1H;/q+1;;/p-1. The van der Waals surface area contributed by atoms with Gasteiger partial charge in [-0.15, -0.1) is 0 Å². The molecular weight excluding hydrogens is 330 g/mol. The smallest absolute Gasteiger partial charge is 0.0780 e. The monoisotopic (exact) mass is 363 g/mol. The molecule has 0 unspecified atom stereocenters. The van der Waals surface area contributed by atoms with Crippen molar-refractivity contribution in [3.8, 4) is 0 Å². The van der Waals surface area contributed by atoms with Crippen LogP contribution in [0.2, 0.25) is 0 Å². The molecule has 0 aromatic heterocycles. The summed E-state index contributed by atoms with van der Waals surface area (Å²) in [5.41, 5.74) is 0. The number of halogens is 1. The van der Waals surface area contributed by atoms with Crippen molar-refractivity contribution in [3.05, 3.63) is 0 Å². The molecule has 3 heteroatoms. The van der Waals surface area contributed by atoms with E-state index < -0.39 is 0 Å². The maximum atomic E-state index is 2.29. The molecule has 0 saturated carbocycles. The van der Waals surface area contributed by atoms with Gasteiger partial charge in [-0.1, -0.05) is 58.3 Å². The maximum absolute atomic E-state index is 2.29.